The predicted molar refractivity (Wildman–Crippen MR) is 130 cm³/mol. The normalized spacial score (nSPS) is 13.4. The van der Waals surface area contributed by atoms with Crippen molar-refractivity contribution in [3.8, 4) is 5.75 Å². The molecule has 0 bridgehead atoms. The van der Waals surface area contributed by atoms with E-state index in [0.29, 0.717) is 12.4 Å². The zero-order chi connectivity index (χ0) is 23.0. The van der Waals surface area contributed by atoms with Crippen LogP contribution in [0.1, 0.15) is 11.1 Å². The fraction of sp³-hybridized carbons (Fsp3) is 0.280. The molecule has 4 rings (SSSR count). The molecule has 2 heterocycles. The predicted octanol–water partition coefficient (Wildman–Crippen LogP) is 3.31. The highest BCUT2D eigenvalue weighted by Gasteiger charge is 2.12. The summed E-state index contributed by atoms with van der Waals surface area (Å²) in [5, 5.41) is 6.74. The lowest BCUT2D eigenvalue weighted by atomic mass is 10.1. The smallest absolute Gasteiger partial charge is 0.221 e. The number of anilines is 4. The zero-order valence-electron chi connectivity index (χ0n) is 18.7. The number of ether oxygens (including phenoxy) is 2. The van der Waals surface area contributed by atoms with Crippen molar-refractivity contribution in [2.24, 2.45) is 5.73 Å². The third kappa shape index (κ3) is 6.14. The summed E-state index contributed by atoms with van der Waals surface area (Å²) in [6.07, 6.45) is 1.80. The lowest BCUT2D eigenvalue weighted by Crippen LogP contribution is -2.36. The summed E-state index contributed by atoms with van der Waals surface area (Å²) < 4.78 is 10.7. The first kappa shape index (κ1) is 22.4. The number of nitrogens with one attached hydrogen (secondary N) is 2. The molecular formula is C25H29N5O3. The molecule has 33 heavy (non-hydrogen) atoms. The van der Waals surface area contributed by atoms with Crippen molar-refractivity contribution in [1.82, 2.24) is 4.98 Å². The second kappa shape index (κ2) is 10.7. The van der Waals surface area contributed by atoms with Crippen molar-refractivity contribution in [2.45, 2.75) is 13.0 Å². The molecule has 0 saturated carbocycles. The molecule has 4 N–H and O–H groups in total. The number of methoxy groups -OCH3 is 1. The second-order valence-corrected chi connectivity index (χ2v) is 7.85. The summed E-state index contributed by atoms with van der Waals surface area (Å²) in [6.45, 7) is 3.89. The molecule has 0 unspecified atom stereocenters. The highest BCUT2D eigenvalue weighted by molar-refractivity contribution is 5.79. The molecule has 0 spiro atoms. The van der Waals surface area contributed by atoms with Gasteiger partial charge < -0.3 is 30.7 Å². The summed E-state index contributed by atoms with van der Waals surface area (Å²) in [6, 6.07) is 18.0. The fourth-order valence-electron chi connectivity index (χ4n) is 3.75. The van der Waals surface area contributed by atoms with Gasteiger partial charge in [-0.3, -0.25) is 4.79 Å². The standard InChI is InChI=1S/C25H29N5O3/c1-32-22-4-2-3-18(13-22)16-27-23-15-25(28-17-19(23)14-24(26)31)29-20-5-7-21(8-6-20)30-9-11-33-12-10-30/h2-8,13,15,17H,9-12,14,16H2,1H3,(H2,26,31)(H2,27,28,29). The number of rotatable bonds is 9. The van der Waals surface area contributed by atoms with Crippen molar-refractivity contribution < 1.29 is 14.3 Å². The van der Waals surface area contributed by atoms with Crippen molar-refractivity contribution in [2.75, 3.05) is 48.9 Å². The summed E-state index contributed by atoms with van der Waals surface area (Å²) >= 11 is 0. The maximum Gasteiger partial charge on any atom is 0.221 e. The Morgan fingerprint density at radius 1 is 1.15 bits per heavy atom. The van der Waals surface area contributed by atoms with E-state index in [1.54, 1.807) is 13.3 Å². The van der Waals surface area contributed by atoms with Gasteiger partial charge in [0.15, 0.2) is 0 Å². The number of benzene rings is 2. The van der Waals surface area contributed by atoms with Crippen LogP contribution in [0, 0.1) is 0 Å². The third-order valence-corrected chi connectivity index (χ3v) is 5.48. The van der Waals surface area contributed by atoms with Crippen LogP contribution in [0.5, 0.6) is 5.75 Å². The summed E-state index contributed by atoms with van der Waals surface area (Å²) in [5.74, 6) is 1.07. The Hall–Kier alpha value is -3.78. The molecule has 2 aromatic carbocycles. The second-order valence-electron chi connectivity index (χ2n) is 7.85. The number of nitrogens with zero attached hydrogens (tertiary/aromatic N) is 2. The first-order chi connectivity index (χ1) is 16.1. The quantitative estimate of drug-likeness (QED) is 0.463. The SMILES string of the molecule is COc1cccc(CNc2cc(Nc3ccc(N4CCOCC4)cc3)ncc2CC(N)=O)c1. The van der Waals surface area contributed by atoms with Gasteiger partial charge in [-0.1, -0.05) is 12.1 Å². The number of hydrogen-bond donors (Lipinski definition) is 3. The van der Waals surface area contributed by atoms with E-state index >= 15 is 0 Å². The zero-order valence-corrected chi connectivity index (χ0v) is 18.7. The highest BCUT2D eigenvalue weighted by Crippen LogP contribution is 2.25. The Labute approximate surface area is 193 Å². The average Bonchev–Trinajstić information content (AvgIpc) is 2.85. The molecule has 172 valence electrons. The van der Waals surface area contributed by atoms with Crippen LogP contribution in [0.25, 0.3) is 0 Å². The highest BCUT2D eigenvalue weighted by atomic mass is 16.5. The Balaban J connectivity index is 1.48. The van der Waals surface area contributed by atoms with Gasteiger partial charge in [0, 0.05) is 54.5 Å². The number of amides is 1. The van der Waals surface area contributed by atoms with Gasteiger partial charge in [-0.25, -0.2) is 4.98 Å². The van der Waals surface area contributed by atoms with Gasteiger partial charge in [-0.2, -0.15) is 0 Å². The molecular weight excluding hydrogens is 418 g/mol. The van der Waals surface area contributed by atoms with E-state index < -0.39 is 5.91 Å². The lowest BCUT2D eigenvalue weighted by Gasteiger charge is -2.28. The van der Waals surface area contributed by atoms with Crippen molar-refractivity contribution in [1.29, 1.82) is 0 Å². The molecule has 0 atom stereocenters. The average molecular weight is 448 g/mol. The molecule has 1 aliphatic heterocycles. The van der Waals surface area contributed by atoms with Crippen LogP contribution < -0.4 is 26.0 Å². The number of aromatic nitrogens is 1. The minimum Gasteiger partial charge on any atom is -0.497 e. The van der Waals surface area contributed by atoms with Gasteiger partial charge in [0.2, 0.25) is 5.91 Å². The minimum absolute atomic E-state index is 0.113. The first-order valence-electron chi connectivity index (χ1n) is 10.9. The van der Waals surface area contributed by atoms with Crippen LogP contribution in [0.4, 0.5) is 22.9 Å². The summed E-state index contributed by atoms with van der Waals surface area (Å²) in [7, 11) is 1.64. The van der Waals surface area contributed by atoms with E-state index in [4.69, 9.17) is 15.2 Å². The van der Waals surface area contributed by atoms with E-state index in [9.17, 15) is 4.79 Å². The molecule has 1 aliphatic rings. The monoisotopic (exact) mass is 447 g/mol. The van der Waals surface area contributed by atoms with Crippen molar-refractivity contribution >= 4 is 28.8 Å². The van der Waals surface area contributed by atoms with E-state index in [1.807, 2.05) is 42.5 Å². The molecule has 8 nitrogen and oxygen atoms in total. The van der Waals surface area contributed by atoms with Crippen LogP contribution in [-0.2, 0) is 22.5 Å². The molecule has 0 aliphatic carbocycles. The molecule has 1 amide bonds. The summed E-state index contributed by atoms with van der Waals surface area (Å²) in [5.41, 5.74) is 10.2. The van der Waals surface area contributed by atoms with Crippen LogP contribution in [0.3, 0.4) is 0 Å². The Bertz CT molecular complexity index is 1080. The van der Waals surface area contributed by atoms with Crippen molar-refractivity contribution in [3.05, 3.63) is 71.9 Å². The minimum atomic E-state index is -0.402. The maximum atomic E-state index is 11.5. The first-order valence-corrected chi connectivity index (χ1v) is 10.9. The molecule has 1 aromatic heterocycles. The van der Waals surface area contributed by atoms with Gasteiger partial charge in [-0.05, 0) is 42.0 Å². The fourth-order valence-corrected chi connectivity index (χ4v) is 3.75. The van der Waals surface area contributed by atoms with E-state index in [1.165, 1.54) is 5.69 Å². The largest absolute Gasteiger partial charge is 0.497 e. The van der Waals surface area contributed by atoms with Crippen LogP contribution >= 0.6 is 0 Å². The summed E-state index contributed by atoms with van der Waals surface area (Å²) in [4.78, 5) is 18.3. The van der Waals surface area contributed by atoms with Gasteiger partial charge in [0.25, 0.3) is 0 Å². The third-order valence-electron chi connectivity index (χ3n) is 5.48. The molecule has 8 heteroatoms. The Morgan fingerprint density at radius 2 is 1.94 bits per heavy atom. The van der Waals surface area contributed by atoms with Crippen LogP contribution in [0.15, 0.2) is 60.8 Å². The van der Waals surface area contributed by atoms with E-state index in [-0.39, 0.29) is 6.42 Å². The Kier molecular flexibility index (Phi) is 7.26. The number of pyridine rings is 1. The molecule has 0 radical (unpaired) electrons. The lowest BCUT2D eigenvalue weighted by molar-refractivity contribution is -0.117. The van der Waals surface area contributed by atoms with Gasteiger partial charge in [0.1, 0.15) is 11.6 Å². The van der Waals surface area contributed by atoms with Gasteiger partial charge >= 0.3 is 0 Å². The van der Waals surface area contributed by atoms with Crippen LogP contribution in [0.2, 0.25) is 0 Å². The molecule has 3 aromatic rings. The van der Waals surface area contributed by atoms with Crippen molar-refractivity contribution in [3.63, 3.8) is 0 Å². The molecule has 1 saturated heterocycles. The van der Waals surface area contributed by atoms with E-state index in [2.05, 4.69) is 32.7 Å². The van der Waals surface area contributed by atoms with Gasteiger partial charge in [-0.15, -0.1) is 0 Å². The number of carbonyl (C=O) groups excluding carboxylic acids is 1. The number of morpholine rings is 1. The van der Waals surface area contributed by atoms with E-state index in [0.717, 1.165) is 54.6 Å². The Morgan fingerprint density at radius 3 is 2.67 bits per heavy atom. The van der Waals surface area contributed by atoms with Crippen LogP contribution in [-0.4, -0.2) is 44.3 Å². The van der Waals surface area contributed by atoms with Gasteiger partial charge in [0.05, 0.1) is 26.7 Å². The molecule has 1 fully saturated rings. The number of hydrogen-bond acceptors (Lipinski definition) is 7. The number of primary amides is 1. The number of carbonyl (C=O) groups is 1. The topological polar surface area (TPSA) is 102 Å². The number of nitrogens with two attached hydrogens (primary N) is 1. The maximum absolute atomic E-state index is 11.5.